The van der Waals surface area contributed by atoms with Crippen molar-refractivity contribution in [3.05, 3.63) is 23.8 Å². The fourth-order valence-electron chi connectivity index (χ4n) is 2.49. The fourth-order valence-corrected chi connectivity index (χ4v) is 2.49. The molecular formula is C15H21NO3. The van der Waals surface area contributed by atoms with E-state index in [9.17, 15) is 4.79 Å². The Balaban J connectivity index is 2.01. The molecule has 0 aliphatic heterocycles. The fraction of sp³-hybridized carbons (Fsp3) is 0.533. The van der Waals surface area contributed by atoms with Gasteiger partial charge in [-0.05, 0) is 43.2 Å². The average molecular weight is 263 g/mol. The molecule has 1 aromatic rings. The van der Waals surface area contributed by atoms with Gasteiger partial charge in [0.25, 0.3) is 0 Å². The molecule has 0 aromatic heterocycles. The summed E-state index contributed by atoms with van der Waals surface area (Å²) in [5.41, 5.74) is 6.49. The van der Waals surface area contributed by atoms with Gasteiger partial charge in [0.1, 0.15) is 5.75 Å². The zero-order valence-corrected chi connectivity index (χ0v) is 11.5. The number of hydrogen-bond donors (Lipinski definition) is 2. The Hall–Kier alpha value is -1.71. The molecule has 0 heterocycles. The summed E-state index contributed by atoms with van der Waals surface area (Å²) in [6.07, 6.45) is 4.59. The second-order valence-electron chi connectivity index (χ2n) is 6.04. The molecule has 1 fully saturated rings. The molecule has 19 heavy (non-hydrogen) atoms. The maximum Gasteiger partial charge on any atom is 0.337 e. The topological polar surface area (TPSA) is 72.5 Å². The first-order valence-corrected chi connectivity index (χ1v) is 6.67. The van der Waals surface area contributed by atoms with Crippen molar-refractivity contribution >= 4 is 11.7 Å². The third-order valence-electron chi connectivity index (χ3n) is 3.84. The SMILES string of the molecule is CC1(C)CCC(Oc2ccc(C(=O)O)c(N)c2)CC1. The summed E-state index contributed by atoms with van der Waals surface area (Å²) in [6, 6.07) is 4.78. The molecule has 0 saturated heterocycles. The van der Waals surface area contributed by atoms with Gasteiger partial charge in [0.05, 0.1) is 11.7 Å². The van der Waals surface area contributed by atoms with E-state index in [0.29, 0.717) is 11.2 Å². The summed E-state index contributed by atoms with van der Waals surface area (Å²) < 4.78 is 5.89. The molecular weight excluding hydrogens is 242 g/mol. The highest BCUT2D eigenvalue weighted by molar-refractivity contribution is 5.93. The number of carbonyl (C=O) groups is 1. The van der Waals surface area contributed by atoms with Gasteiger partial charge in [0.15, 0.2) is 0 Å². The van der Waals surface area contributed by atoms with E-state index in [2.05, 4.69) is 13.8 Å². The molecule has 4 nitrogen and oxygen atoms in total. The molecule has 2 rings (SSSR count). The first kappa shape index (κ1) is 13.7. The Morgan fingerprint density at radius 2 is 2.00 bits per heavy atom. The lowest BCUT2D eigenvalue weighted by atomic mass is 9.76. The number of nitrogens with two attached hydrogens (primary N) is 1. The van der Waals surface area contributed by atoms with Gasteiger partial charge in [-0.2, -0.15) is 0 Å². The predicted octanol–water partition coefficient (Wildman–Crippen LogP) is 3.31. The molecule has 1 aromatic carbocycles. The number of ether oxygens (including phenoxy) is 1. The molecule has 1 aliphatic carbocycles. The van der Waals surface area contributed by atoms with Crippen LogP contribution in [0.15, 0.2) is 18.2 Å². The monoisotopic (exact) mass is 263 g/mol. The van der Waals surface area contributed by atoms with Crippen molar-refractivity contribution in [2.75, 3.05) is 5.73 Å². The molecule has 0 bridgehead atoms. The number of nitrogen functional groups attached to an aromatic ring is 1. The summed E-state index contributed by atoms with van der Waals surface area (Å²) in [5, 5.41) is 8.91. The zero-order valence-electron chi connectivity index (χ0n) is 11.5. The smallest absolute Gasteiger partial charge is 0.337 e. The van der Waals surface area contributed by atoms with Gasteiger partial charge in [-0.1, -0.05) is 13.8 Å². The summed E-state index contributed by atoms with van der Waals surface area (Å²) in [5.74, 6) is -0.351. The standard InChI is InChI=1S/C15H21NO3/c1-15(2)7-5-10(6-8-15)19-11-3-4-12(14(17)18)13(16)9-11/h3-4,9-10H,5-8,16H2,1-2H3,(H,17,18). The van der Waals surface area contributed by atoms with E-state index >= 15 is 0 Å². The Kier molecular flexibility index (Phi) is 3.69. The van der Waals surface area contributed by atoms with E-state index in [4.69, 9.17) is 15.6 Å². The van der Waals surface area contributed by atoms with Crippen LogP contribution in [0.5, 0.6) is 5.75 Å². The van der Waals surface area contributed by atoms with E-state index in [1.165, 1.54) is 6.07 Å². The van der Waals surface area contributed by atoms with Crippen molar-refractivity contribution in [3.8, 4) is 5.75 Å². The Bertz CT molecular complexity index is 472. The van der Waals surface area contributed by atoms with Crippen LogP contribution >= 0.6 is 0 Å². The number of rotatable bonds is 3. The summed E-state index contributed by atoms with van der Waals surface area (Å²) in [4.78, 5) is 10.9. The number of anilines is 1. The molecule has 1 saturated carbocycles. The molecule has 104 valence electrons. The average Bonchev–Trinajstić information content (AvgIpc) is 2.31. The van der Waals surface area contributed by atoms with Gasteiger partial charge >= 0.3 is 5.97 Å². The minimum Gasteiger partial charge on any atom is -0.490 e. The van der Waals surface area contributed by atoms with Gasteiger partial charge in [0.2, 0.25) is 0 Å². The van der Waals surface area contributed by atoms with Crippen molar-refractivity contribution < 1.29 is 14.6 Å². The van der Waals surface area contributed by atoms with E-state index in [1.807, 2.05) is 0 Å². The zero-order chi connectivity index (χ0) is 14.0. The van der Waals surface area contributed by atoms with Crippen LogP contribution in [-0.4, -0.2) is 17.2 Å². The molecule has 4 heteroatoms. The van der Waals surface area contributed by atoms with Crippen LogP contribution in [0, 0.1) is 5.41 Å². The second kappa shape index (κ2) is 5.11. The van der Waals surface area contributed by atoms with Crippen molar-refractivity contribution in [2.24, 2.45) is 5.41 Å². The molecule has 0 radical (unpaired) electrons. The highest BCUT2D eigenvalue weighted by Crippen LogP contribution is 2.36. The minimum absolute atomic E-state index is 0.122. The summed E-state index contributed by atoms with van der Waals surface area (Å²) in [7, 11) is 0. The Morgan fingerprint density at radius 3 is 2.53 bits per heavy atom. The quantitative estimate of drug-likeness (QED) is 0.820. The van der Waals surface area contributed by atoms with Gasteiger partial charge in [-0.25, -0.2) is 4.79 Å². The lowest BCUT2D eigenvalue weighted by Gasteiger charge is -2.34. The number of benzene rings is 1. The predicted molar refractivity (Wildman–Crippen MR) is 74.5 cm³/mol. The number of carboxylic acid groups (broad SMARTS) is 1. The van der Waals surface area contributed by atoms with E-state index in [-0.39, 0.29) is 17.4 Å². The number of carboxylic acids is 1. The highest BCUT2D eigenvalue weighted by Gasteiger charge is 2.27. The van der Waals surface area contributed by atoms with Crippen LogP contribution in [0.1, 0.15) is 49.9 Å². The summed E-state index contributed by atoms with van der Waals surface area (Å²) >= 11 is 0. The van der Waals surface area contributed by atoms with Crippen LogP contribution in [0.2, 0.25) is 0 Å². The molecule has 0 spiro atoms. The second-order valence-corrected chi connectivity index (χ2v) is 6.04. The van der Waals surface area contributed by atoms with Crippen LogP contribution in [-0.2, 0) is 0 Å². The Labute approximate surface area is 113 Å². The van der Waals surface area contributed by atoms with Gasteiger partial charge in [-0.3, -0.25) is 0 Å². The number of aromatic carboxylic acids is 1. The van der Waals surface area contributed by atoms with Crippen LogP contribution < -0.4 is 10.5 Å². The van der Waals surface area contributed by atoms with Gasteiger partial charge in [0, 0.05) is 11.8 Å². The Morgan fingerprint density at radius 1 is 1.37 bits per heavy atom. The first-order valence-electron chi connectivity index (χ1n) is 6.67. The molecule has 3 N–H and O–H groups in total. The number of hydrogen-bond acceptors (Lipinski definition) is 3. The van der Waals surface area contributed by atoms with Crippen LogP contribution in [0.4, 0.5) is 5.69 Å². The van der Waals surface area contributed by atoms with Gasteiger partial charge in [-0.15, -0.1) is 0 Å². The molecule has 1 aliphatic rings. The van der Waals surface area contributed by atoms with Crippen LogP contribution in [0.3, 0.4) is 0 Å². The van der Waals surface area contributed by atoms with Crippen molar-refractivity contribution in [3.63, 3.8) is 0 Å². The van der Waals surface area contributed by atoms with E-state index < -0.39 is 5.97 Å². The third-order valence-corrected chi connectivity index (χ3v) is 3.84. The lowest BCUT2D eigenvalue weighted by molar-refractivity contribution is 0.0698. The minimum atomic E-state index is -1.01. The first-order chi connectivity index (χ1) is 8.87. The van der Waals surface area contributed by atoms with Crippen molar-refractivity contribution in [1.82, 2.24) is 0 Å². The van der Waals surface area contributed by atoms with Crippen molar-refractivity contribution in [2.45, 2.75) is 45.6 Å². The van der Waals surface area contributed by atoms with E-state index in [1.54, 1.807) is 12.1 Å². The molecule has 0 unspecified atom stereocenters. The van der Waals surface area contributed by atoms with Crippen LogP contribution in [0.25, 0.3) is 0 Å². The maximum absolute atomic E-state index is 10.9. The highest BCUT2D eigenvalue weighted by atomic mass is 16.5. The lowest BCUT2D eigenvalue weighted by Crippen LogP contribution is -2.28. The molecule has 0 amide bonds. The maximum atomic E-state index is 10.9. The largest absolute Gasteiger partial charge is 0.490 e. The summed E-state index contributed by atoms with van der Waals surface area (Å²) in [6.45, 7) is 4.56. The van der Waals surface area contributed by atoms with E-state index in [0.717, 1.165) is 25.7 Å². The third kappa shape index (κ3) is 3.40. The molecule has 0 atom stereocenters. The normalized spacial score (nSPS) is 19.1. The van der Waals surface area contributed by atoms with Crippen molar-refractivity contribution in [1.29, 1.82) is 0 Å². The van der Waals surface area contributed by atoms with Gasteiger partial charge < -0.3 is 15.6 Å².